The number of aryl methyl sites for hydroxylation is 1. The van der Waals surface area contributed by atoms with Gasteiger partial charge in [-0.1, -0.05) is 19.3 Å². The SMILES string of the molecule is CCn1cc(N)c(C(=O)N2CCC3CCCCC3C2)n1. The van der Waals surface area contributed by atoms with E-state index in [1.165, 1.54) is 25.7 Å². The van der Waals surface area contributed by atoms with Crippen molar-refractivity contribution in [2.45, 2.75) is 45.6 Å². The van der Waals surface area contributed by atoms with Crippen LogP contribution >= 0.6 is 0 Å². The van der Waals surface area contributed by atoms with Crippen molar-refractivity contribution >= 4 is 11.6 Å². The Kier molecular flexibility index (Phi) is 3.68. The fourth-order valence-electron chi connectivity index (χ4n) is 3.70. The molecule has 2 unspecified atom stereocenters. The molecule has 2 fully saturated rings. The number of rotatable bonds is 2. The minimum absolute atomic E-state index is 0.0127. The Bertz CT molecular complexity index is 496. The van der Waals surface area contributed by atoms with Crippen LogP contribution in [-0.2, 0) is 6.54 Å². The number of carbonyl (C=O) groups is 1. The van der Waals surface area contributed by atoms with Gasteiger partial charge in [0.05, 0.1) is 5.69 Å². The summed E-state index contributed by atoms with van der Waals surface area (Å²) in [7, 11) is 0. The Morgan fingerprint density at radius 1 is 1.35 bits per heavy atom. The van der Waals surface area contributed by atoms with Crippen molar-refractivity contribution in [1.29, 1.82) is 0 Å². The lowest BCUT2D eigenvalue weighted by Crippen LogP contribution is -2.45. The molecule has 5 nitrogen and oxygen atoms in total. The number of carbonyl (C=O) groups excluding carboxylic acids is 1. The number of nitrogen functional groups attached to an aromatic ring is 1. The van der Waals surface area contributed by atoms with Crippen LogP contribution in [0.15, 0.2) is 6.20 Å². The topological polar surface area (TPSA) is 64.2 Å². The Labute approximate surface area is 120 Å². The number of aromatic nitrogens is 2. The van der Waals surface area contributed by atoms with E-state index in [4.69, 9.17) is 5.73 Å². The molecule has 1 aliphatic heterocycles. The molecule has 1 aromatic rings. The number of anilines is 1. The zero-order chi connectivity index (χ0) is 14.1. The third-order valence-corrected chi connectivity index (χ3v) is 4.89. The van der Waals surface area contributed by atoms with E-state index in [9.17, 15) is 4.79 Å². The van der Waals surface area contributed by atoms with Gasteiger partial charge in [0.15, 0.2) is 5.69 Å². The normalized spacial score (nSPS) is 26.4. The van der Waals surface area contributed by atoms with Crippen molar-refractivity contribution in [1.82, 2.24) is 14.7 Å². The molecular weight excluding hydrogens is 252 g/mol. The summed E-state index contributed by atoms with van der Waals surface area (Å²) in [6, 6.07) is 0. The average Bonchev–Trinajstić information content (AvgIpc) is 2.87. The number of nitrogens with zero attached hydrogens (tertiary/aromatic N) is 3. The molecule has 2 heterocycles. The molecule has 0 bridgehead atoms. The highest BCUT2D eigenvalue weighted by Crippen LogP contribution is 2.36. The first-order valence-corrected chi connectivity index (χ1v) is 7.81. The van der Waals surface area contributed by atoms with Gasteiger partial charge in [-0.05, 0) is 31.6 Å². The van der Waals surface area contributed by atoms with Crippen LogP contribution in [0.25, 0.3) is 0 Å². The Morgan fingerprint density at radius 3 is 2.80 bits per heavy atom. The molecule has 3 rings (SSSR count). The van der Waals surface area contributed by atoms with Crippen molar-refractivity contribution in [3.05, 3.63) is 11.9 Å². The second-order valence-electron chi connectivity index (χ2n) is 6.13. The number of likely N-dealkylation sites (tertiary alicyclic amines) is 1. The second kappa shape index (κ2) is 5.46. The summed E-state index contributed by atoms with van der Waals surface area (Å²) >= 11 is 0. The summed E-state index contributed by atoms with van der Waals surface area (Å²) in [6.45, 7) is 4.48. The molecule has 1 aliphatic carbocycles. The number of piperidine rings is 1. The van der Waals surface area contributed by atoms with E-state index >= 15 is 0 Å². The van der Waals surface area contributed by atoms with Crippen LogP contribution in [0.1, 0.15) is 49.5 Å². The number of hydrogen-bond acceptors (Lipinski definition) is 3. The third-order valence-electron chi connectivity index (χ3n) is 4.89. The second-order valence-corrected chi connectivity index (χ2v) is 6.13. The summed E-state index contributed by atoms with van der Waals surface area (Å²) in [5, 5.41) is 4.31. The molecule has 1 aromatic heterocycles. The van der Waals surface area contributed by atoms with Crippen molar-refractivity contribution in [2.24, 2.45) is 11.8 Å². The maximum absolute atomic E-state index is 12.6. The summed E-state index contributed by atoms with van der Waals surface area (Å²) < 4.78 is 1.73. The van der Waals surface area contributed by atoms with Crippen LogP contribution in [0.2, 0.25) is 0 Å². The van der Waals surface area contributed by atoms with Crippen molar-refractivity contribution in [3.63, 3.8) is 0 Å². The highest BCUT2D eigenvalue weighted by molar-refractivity contribution is 5.97. The van der Waals surface area contributed by atoms with E-state index in [1.54, 1.807) is 10.9 Å². The lowest BCUT2D eigenvalue weighted by Gasteiger charge is -2.41. The molecule has 0 radical (unpaired) electrons. The maximum atomic E-state index is 12.6. The van der Waals surface area contributed by atoms with E-state index in [1.807, 2.05) is 11.8 Å². The maximum Gasteiger partial charge on any atom is 0.276 e. The number of nitrogens with two attached hydrogens (primary N) is 1. The van der Waals surface area contributed by atoms with Gasteiger partial charge in [-0.15, -0.1) is 0 Å². The summed E-state index contributed by atoms with van der Waals surface area (Å²) in [4.78, 5) is 14.6. The Balaban J connectivity index is 1.72. The first kappa shape index (κ1) is 13.5. The molecule has 2 atom stereocenters. The molecule has 2 N–H and O–H groups in total. The van der Waals surface area contributed by atoms with Crippen molar-refractivity contribution < 1.29 is 4.79 Å². The number of fused-ring (bicyclic) bond motifs is 1. The van der Waals surface area contributed by atoms with E-state index in [0.29, 0.717) is 17.3 Å². The number of hydrogen-bond donors (Lipinski definition) is 1. The molecule has 1 saturated carbocycles. The van der Waals surface area contributed by atoms with Gasteiger partial charge in [-0.25, -0.2) is 0 Å². The summed E-state index contributed by atoms with van der Waals surface area (Å²) in [5.74, 6) is 1.54. The van der Waals surface area contributed by atoms with Crippen molar-refractivity contribution in [3.8, 4) is 0 Å². The molecular formula is C15H24N4O. The highest BCUT2D eigenvalue weighted by atomic mass is 16.2. The smallest absolute Gasteiger partial charge is 0.276 e. The molecule has 2 aliphatic rings. The molecule has 0 aromatic carbocycles. The Morgan fingerprint density at radius 2 is 2.10 bits per heavy atom. The van der Waals surface area contributed by atoms with E-state index < -0.39 is 0 Å². The molecule has 110 valence electrons. The van der Waals surface area contributed by atoms with Gasteiger partial charge >= 0.3 is 0 Å². The minimum atomic E-state index is 0.0127. The van der Waals surface area contributed by atoms with Crippen LogP contribution in [0, 0.1) is 11.8 Å². The van der Waals surface area contributed by atoms with Gasteiger partial charge in [0.2, 0.25) is 0 Å². The number of amides is 1. The lowest BCUT2D eigenvalue weighted by atomic mass is 9.75. The average molecular weight is 276 g/mol. The van der Waals surface area contributed by atoms with Crippen molar-refractivity contribution in [2.75, 3.05) is 18.8 Å². The fourth-order valence-corrected chi connectivity index (χ4v) is 3.70. The zero-order valence-corrected chi connectivity index (χ0v) is 12.2. The van der Waals surface area contributed by atoms with Gasteiger partial charge < -0.3 is 10.6 Å². The quantitative estimate of drug-likeness (QED) is 0.900. The van der Waals surface area contributed by atoms with Crippen LogP contribution in [-0.4, -0.2) is 33.7 Å². The predicted octanol–water partition coefficient (Wildman–Crippen LogP) is 2.14. The van der Waals surface area contributed by atoms with E-state index in [2.05, 4.69) is 5.10 Å². The molecule has 1 saturated heterocycles. The van der Waals surface area contributed by atoms with Gasteiger partial charge in [-0.3, -0.25) is 9.48 Å². The third kappa shape index (κ3) is 2.41. The highest BCUT2D eigenvalue weighted by Gasteiger charge is 2.34. The molecule has 1 amide bonds. The standard InChI is InChI=1S/C15H24N4O/c1-2-19-10-13(16)14(17-19)15(20)18-8-7-11-5-3-4-6-12(11)9-18/h10-12H,2-9,16H2,1H3. The summed E-state index contributed by atoms with van der Waals surface area (Å²) in [5.41, 5.74) is 6.86. The Hall–Kier alpha value is -1.52. The van der Waals surface area contributed by atoms with E-state index in [-0.39, 0.29) is 5.91 Å². The molecule has 5 heteroatoms. The van der Waals surface area contributed by atoms with Gasteiger partial charge in [0.1, 0.15) is 0 Å². The first-order chi connectivity index (χ1) is 9.69. The first-order valence-electron chi connectivity index (χ1n) is 7.81. The monoisotopic (exact) mass is 276 g/mol. The van der Waals surface area contributed by atoms with Crippen LogP contribution in [0.4, 0.5) is 5.69 Å². The lowest BCUT2D eigenvalue weighted by molar-refractivity contribution is 0.0515. The fraction of sp³-hybridized carbons (Fsp3) is 0.733. The van der Waals surface area contributed by atoms with E-state index in [0.717, 1.165) is 32.0 Å². The van der Waals surface area contributed by atoms with Gasteiger partial charge in [0.25, 0.3) is 5.91 Å². The van der Waals surface area contributed by atoms with Crippen LogP contribution < -0.4 is 5.73 Å². The van der Waals surface area contributed by atoms with Gasteiger partial charge in [0, 0.05) is 25.8 Å². The van der Waals surface area contributed by atoms with Gasteiger partial charge in [-0.2, -0.15) is 5.10 Å². The largest absolute Gasteiger partial charge is 0.396 e. The predicted molar refractivity (Wildman–Crippen MR) is 78.3 cm³/mol. The zero-order valence-electron chi connectivity index (χ0n) is 12.2. The van der Waals surface area contributed by atoms with Crippen LogP contribution in [0.5, 0.6) is 0 Å². The summed E-state index contributed by atoms with van der Waals surface area (Å²) in [6.07, 6.45) is 8.19. The minimum Gasteiger partial charge on any atom is -0.396 e. The molecule has 0 spiro atoms. The molecule has 20 heavy (non-hydrogen) atoms. The van der Waals surface area contributed by atoms with Crippen LogP contribution in [0.3, 0.4) is 0 Å².